The Balaban J connectivity index is 2.05. The van der Waals surface area contributed by atoms with Crippen LogP contribution in [0.1, 0.15) is 50.7 Å². The van der Waals surface area contributed by atoms with Crippen LogP contribution in [0.4, 0.5) is 5.82 Å². The number of anilines is 1. The number of rotatable bonds is 4. The molecule has 3 nitrogen and oxygen atoms in total. The molecule has 0 radical (unpaired) electrons. The molecular formula is C16H27N3. The van der Waals surface area contributed by atoms with E-state index in [0.717, 1.165) is 19.6 Å². The third-order valence-corrected chi connectivity index (χ3v) is 3.73. The number of nitrogens with one attached hydrogen (secondary N) is 1. The van der Waals surface area contributed by atoms with Gasteiger partial charge in [0.15, 0.2) is 0 Å². The molecule has 1 aromatic rings. The second-order valence-electron chi connectivity index (χ2n) is 5.92. The zero-order valence-corrected chi connectivity index (χ0v) is 12.6. The van der Waals surface area contributed by atoms with Crippen molar-refractivity contribution in [3.8, 4) is 0 Å². The van der Waals surface area contributed by atoms with Crippen LogP contribution >= 0.6 is 0 Å². The third-order valence-electron chi connectivity index (χ3n) is 3.73. The number of pyridine rings is 1. The zero-order valence-electron chi connectivity index (χ0n) is 12.6. The summed E-state index contributed by atoms with van der Waals surface area (Å²) in [6.45, 7) is 9.77. The average molecular weight is 261 g/mol. The summed E-state index contributed by atoms with van der Waals surface area (Å²) in [6.07, 6.45) is 7.37. The average Bonchev–Trinajstić information content (AvgIpc) is 2.65. The van der Waals surface area contributed by atoms with Gasteiger partial charge >= 0.3 is 0 Å². The largest absolute Gasteiger partial charge is 0.356 e. The molecule has 3 heteroatoms. The van der Waals surface area contributed by atoms with Crippen LogP contribution in [-0.4, -0.2) is 24.1 Å². The first-order valence-electron chi connectivity index (χ1n) is 7.60. The van der Waals surface area contributed by atoms with Crippen LogP contribution in [0.2, 0.25) is 0 Å². The Morgan fingerprint density at radius 2 is 1.89 bits per heavy atom. The van der Waals surface area contributed by atoms with E-state index in [1.165, 1.54) is 42.6 Å². The standard InChI is InChI=1S/C16H27N3/c1-13(2)17-11-15-10-14(3)16(18-12-15)19-8-6-4-5-7-9-19/h10,12-13,17H,4-9,11H2,1-3H3. The Morgan fingerprint density at radius 1 is 1.21 bits per heavy atom. The highest BCUT2D eigenvalue weighted by Gasteiger charge is 2.13. The first-order valence-corrected chi connectivity index (χ1v) is 7.60. The van der Waals surface area contributed by atoms with E-state index in [1.807, 2.05) is 6.20 Å². The molecule has 0 aliphatic carbocycles. The van der Waals surface area contributed by atoms with Crippen molar-refractivity contribution in [2.45, 2.75) is 59.0 Å². The van der Waals surface area contributed by atoms with Crippen LogP contribution in [0.5, 0.6) is 0 Å². The topological polar surface area (TPSA) is 28.2 Å². The molecule has 0 atom stereocenters. The molecule has 1 fully saturated rings. The van der Waals surface area contributed by atoms with E-state index in [1.54, 1.807) is 0 Å². The smallest absolute Gasteiger partial charge is 0.131 e. The minimum atomic E-state index is 0.519. The fraction of sp³-hybridized carbons (Fsp3) is 0.688. The van der Waals surface area contributed by atoms with Gasteiger partial charge in [0.05, 0.1) is 0 Å². The molecule has 1 N–H and O–H groups in total. The third kappa shape index (κ3) is 4.20. The lowest BCUT2D eigenvalue weighted by molar-refractivity contribution is 0.587. The zero-order chi connectivity index (χ0) is 13.7. The Bertz CT molecular complexity index is 393. The minimum absolute atomic E-state index is 0.519. The van der Waals surface area contributed by atoms with Gasteiger partial charge in [-0.2, -0.15) is 0 Å². The molecule has 106 valence electrons. The van der Waals surface area contributed by atoms with Gasteiger partial charge in [0, 0.05) is 31.9 Å². The molecule has 2 heterocycles. The molecule has 2 rings (SSSR count). The Labute approximate surface area is 117 Å². The van der Waals surface area contributed by atoms with Gasteiger partial charge in [0.25, 0.3) is 0 Å². The number of aryl methyl sites for hydroxylation is 1. The van der Waals surface area contributed by atoms with Gasteiger partial charge in [-0.3, -0.25) is 0 Å². The summed E-state index contributed by atoms with van der Waals surface area (Å²) in [7, 11) is 0. The summed E-state index contributed by atoms with van der Waals surface area (Å²) in [5.74, 6) is 1.19. The van der Waals surface area contributed by atoms with E-state index in [9.17, 15) is 0 Å². The summed E-state index contributed by atoms with van der Waals surface area (Å²) in [5.41, 5.74) is 2.59. The van der Waals surface area contributed by atoms with Crippen LogP contribution in [0, 0.1) is 6.92 Å². The molecule has 0 amide bonds. The van der Waals surface area contributed by atoms with Crippen molar-refractivity contribution in [1.82, 2.24) is 10.3 Å². The van der Waals surface area contributed by atoms with Crippen LogP contribution in [0.15, 0.2) is 12.3 Å². The van der Waals surface area contributed by atoms with Gasteiger partial charge in [-0.1, -0.05) is 26.7 Å². The molecule has 1 aromatic heterocycles. The monoisotopic (exact) mass is 261 g/mol. The van der Waals surface area contributed by atoms with Gasteiger partial charge in [-0.25, -0.2) is 4.98 Å². The van der Waals surface area contributed by atoms with Crippen molar-refractivity contribution >= 4 is 5.82 Å². The molecule has 0 spiro atoms. The summed E-state index contributed by atoms with van der Waals surface area (Å²) < 4.78 is 0. The molecule has 0 unspecified atom stereocenters. The second kappa shape index (κ2) is 6.90. The van der Waals surface area contributed by atoms with Crippen molar-refractivity contribution in [3.63, 3.8) is 0 Å². The van der Waals surface area contributed by atoms with Gasteiger partial charge in [-0.15, -0.1) is 0 Å². The van der Waals surface area contributed by atoms with Crippen molar-refractivity contribution in [3.05, 3.63) is 23.4 Å². The van der Waals surface area contributed by atoms with E-state index in [0.29, 0.717) is 6.04 Å². The lowest BCUT2D eigenvalue weighted by atomic mass is 10.2. The van der Waals surface area contributed by atoms with Crippen molar-refractivity contribution < 1.29 is 0 Å². The predicted octanol–water partition coefficient (Wildman–Crippen LogP) is 3.27. The van der Waals surface area contributed by atoms with Gasteiger partial charge < -0.3 is 10.2 Å². The van der Waals surface area contributed by atoms with Crippen LogP contribution in [-0.2, 0) is 6.54 Å². The molecule has 1 aliphatic heterocycles. The molecule has 1 aliphatic rings. The van der Waals surface area contributed by atoms with Gasteiger partial charge in [0.2, 0.25) is 0 Å². The highest BCUT2D eigenvalue weighted by Crippen LogP contribution is 2.21. The number of hydrogen-bond acceptors (Lipinski definition) is 3. The molecule has 0 aromatic carbocycles. The van der Waals surface area contributed by atoms with Gasteiger partial charge in [0.1, 0.15) is 5.82 Å². The first kappa shape index (κ1) is 14.3. The summed E-state index contributed by atoms with van der Waals surface area (Å²) in [4.78, 5) is 7.17. The normalized spacial score (nSPS) is 16.7. The second-order valence-corrected chi connectivity index (χ2v) is 5.92. The predicted molar refractivity (Wildman–Crippen MR) is 81.6 cm³/mol. The quantitative estimate of drug-likeness (QED) is 0.901. The van der Waals surface area contributed by atoms with Gasteiger partial charge in [-0.05, 0) is 37.0 Å². The van der Waals surface area contributed by atoms with Crippen molar-refractivity contribution in [2.24, 2.45) is 0 Å². The summed E-state index contributed by atoms with van der Waals surface area (Å²) >= 11 is 0. The maximum Gasteiger partial charge on any atom is 0.131 e. The molecule has 0 saturated carbocycles. The SMILES string of the molecule is Cc1cc(CNC(C)C)cnc1N1CCCCCC1. The Morgan fingerprint density at radius 3 is 2.47 bits per heavy atom. The van der Waals surface area contributed by atoms with Crippen LogP contribution in [0.25, 0.3) is 0 Å². The maximum absolute atomic E-state index is 4.71. The van der Waals surface area contributed by atoms with E-state index in [2.05, 4.69) is 37.1 Å². The van der Waals surface area contributed by atoms with Crippen LogP contribution < -0.4 is 10.2 Å². The lowest BCUT2D eigenvalue weighted by Gasteiger charge is -2.23. The van der Waals surface area contributed by atoms with E-state index in [4.69, 9.17) is 4.98 Å². The maximum atomic E-state index is 4.71. The Kier molecular flexibility index (Phi) is 5.20. The summed E-state index contributed by atoms with van der Waals surface area (Å²) in [6, 6.07) is 2.80. The first-order chi connectivity index (χ1) is 9.16. The van der Waals surface area contributed by atoms with E-state index >= 15 is 0 Å². The van der Waals surface area contributed by atoms with E-state index < -0.39 is 0 Å². The van der Waals surface area contributed by atoms with Crippen LogP contribution in [0.3, 0.4) is 0 Å². The molecule has 19 heavy (non-hydrogen) atoms. The highest BCUT2D eigenvalue weighted by molar-refractivity contribution is 5.47. The molecule has 0 bridgehead atoms. The van der Waals surface area contributed by atoms with E-state index in [-0.39, 0.29) is 0 Å². The van der Waals surface area contributed by atoms with Crippen molar-refractivity contribution in [1.29, 1.82) is 0 Å². The fourth-order valence-corrected chi connectivity index (χ4v) is 2.66. The Hall–Kier alpha value is -1.09. The number of hydrogen-bond donors (Lipinski definition) is 1. The highest BCUT2D eigenvalue weighted by atomic mass is 15.2. The molecule has 1 saturated heterocycles. The number of aromatic nitrogens is 1. The minimum Gasteiger partial charge on any atom is -0.356 e. The molecular weight excluding hydrogens is 234 g/mol. The summed E-state index contributed by atoms with van der Waals surface area (Å²) in [5, 5.41) is 3.44. The fourth-order valence-electron chi connectivity index (χ4n) is 2.66. The van der Waals surface area contributed by atoms with Crippen molar-refractivity contribution in [2.75, 3.05) is 18.0 Å². The number of nitrogens with zero attached hydrogens (tertiary/aromatic N) is 2. The lowest BCUT2D eigenvalue weighted by Crippen LogP contribution is -2.26.